The van der Waals surface area contributed by atoms with Gasteiger partial charge in [-0.25, -0.2) is 8.42 Å². The van der Waals surface area contributed by atoms with Gasteiger partial charge in [-0.3, -0.25) is 4.79 Å². The first kappa shape index (κ1) is 15.6. The van der Waals surface area contributed by atoms with Gasteiger partial charge < -0.3 is 4.90 Å². The molecule has 0 N–H and O–H groups in total. The van der Waals surface area contributed by atoms with Crippen molar-refractivity contribution in [3.05, 3.63) is 0 Å². The lowest BCUT2D eigenvalue weighted by molar-refractivity contribution is -0.119. The van der Waals surface area contributed by atoms with Crippen LogP contribution in [0.3, 0.4) is 0 Å². The van der Waals surface area contributed by atoms with Gasteiger partial charge in [0.05, 0.1) is 5.75 Å². The van der Waals surface area contributed by atoms with Crippen molar-refractivity contribution in [2.75, 3.05) is 31.6 Å². The van der Waals surface area contributed by atoms with E-state index >= 15 is 0 Å². The number of rotatable bonds is 9. The second-order valence-electron chi connectivity index (χ2n) is 4.05. The molecule has 5 heteroatoms. The summed E-state index contributed by atoms with van der Waals surface area (Å²) in [4.78, 5) is 13.6. The molecule has 4 nitrogen and oxygen atoms in total. The minimum atomic E-state index is -2.92. The monoisotopic (exact) mass is 249 g/mol. The van der Waals surface area contributed by atoms with Crippen LogP contribution in [-0.4, -0.2) is 50.7 Å². The van der Waals surface area contributed by atoms with Crippen LogP contribution in [0.1, 0.15) is 33.1 Å². The van der Waals surface area contributed by atoms with E-state index in [4.69, 9.17) is 0 Å². The summed E-state index contributed by atoms with van der Waals surface area (Å²) in [5.74, 6) is 0.278. The van der Waals surface area contributed by atoms with E-state index < -0.39 is 9.84 Å². The number of carbonyl (C=O) groups excluding carboxylic acids is 1. The smallest absolute Gasteiger partial charge is 0.147 e. The molecule has 0 heterocycles. The number of ketones is 1. The van der Waals surface area contributed by atoms with Crippen LogP contribution in [0, 0.1) is 0 Å². The molecule has 0 atom stereocenters. The Morgan fingerprint density at radius 3 is 2.12 bits per heavy atom. The van der Waals surface area contributed by atoms with Crippen LogP contribution >= 0.6 is 0 Å². The Morgan fingerprint density at radius 2 is 1.69 bits per heavy atom. The van der Waals surface area contributed by atoms with Gasteiger partial charge in [0.25, 0.3) is 0 Å². The maximum atomic E-state index is 11.4. The third-order valence-electron chi connectivity index (χ3n) is 2.57. The van der Waals surface area contributed by atoms with Gasteiger partial charge in [-0.2, -0.15) is 0 Å². The third kappa shape index (κ3) is 8.85. The van der Waals surface area contributed by atoms with E-state index in [0.29, 0.717) is 19.3 Å². The Balaban J connectivity index is 3.67. The highest BCUT2D eigenvalue weighted by molar-refractivity contribution is 7.90. The molecular weight excluding hydrogens is 226 g/mol. The van der Waals surface area contributed by atoms with Crippen molar-refractivity contribution in [1.82, 2.24) is 4.90 Å². The second-order valence-corrected chi connectivity index (χ2v) is 6.31. The molecule has 16 heavy (non-hydrogen) atoms. The third-order valence-corrected chi connectivity index (χ3v) is 3.60. The quantitative estimate of drug-likeness (QED) is 0.614. The summed E-state index contributed by atoms with van der Waals surface area (Å²) >= 11 is 0. The molecule has 0 unspecified atom stereocenters. The molecular formula is C11H23NO3S. The minimum absolute atomic E-state index is 0.115. The van der Waals surface area contributed by atoms with E-state index in [2.05, 4.69) is 18.7 Å². The van der Waals surface area contributed by atoms with Crippen molar-refractivity contribution in [1.29, 1.82) is 0 Å². The molecule has 0 saturated heterocycles. The molecule has 0 bridgehead atoms. The summed E-state index contributed by atoms with van der Waals surface area (Å²) in [5, 5.41) is 0. The molecule has 0 rings (SSSR count). The van der Waals surface area contributed by atoms with E-state index in [1.165, 1.54) is 6.26 Å². The summed E-state index contributed by atoms with van der Waals surface area (Å²) in [7, 11) is -2.92. The molecule has 0 saturated carbocycles. The van der Waals surface area contributed by atoms with E-state index in [0.717, 1.165) is 19.6 Å². The van der Waals surface area contributed by atoms with Crippen molar-refractivity contribution in [3.63, 3.8) is 0 Å². The predicted molar refractivity (Wildman–Crippen MR) is 66.4 cm³/mol. The van der Waals surface area contributed by atoms with Gasteiger partial charge >= 0.3 is 0 Å². The highest BCUT2D eigenvalue weighted by atomic mass is 32.2. The van der Waals surface area contributed by atoms with Gasteiger partial charge in [0.15, 0.2) is 0 Å². The lowest BCUT2D eigenvalue weighted by Gasteiger charge is -2.16. The minimum Gasteiger partial charge on any atom is -0.303 e. The fourth-order valence-corrected chi connectivity index (χ4v) is 2.15. The largest absolute Gasteiger partial charge is 0.303 e. The van der Waals surface area contributed by atoms with Crippen LogP contribution in [0.5, 0.6) is 0 Å². The van der Waals surface area contributed by atoms with Crippen LogP contribution in [-0.2, 0) is 14.6 Å². The number of hydrogen-bond donors (Lipinski definition) is 0. The van der Waals surface area contributed by atoms with Crippen molar-refractivity contribution < 1.29 is 13.2 Å². The summed E-state index contributed by atoms with van der Waals surface area (Å²) in [6.07, 6.45) is 2.57. The second kappa shape index (κ2) is 7.79. The van der Waals surface area contributed by atoms with E-state index in [1.807, 2.05) is 0 Å². The molecule has 0 aliphatic carbocycles. The Kier molecular flexibility index (Phi) is 7.58. The van der Waals surface area contributed by atoms with Crippen LogP contribution < -0.4 is 0 Å². The predicted octanol–water partition coefficient (Wildman–Crippen LogP) is 1.11. The highest BCUT2D eigenvalue weighted by Gasteiger charge is 2.07. The molecule has 0 aromatic rings. The summed E-state index contributed by atoms with van der Waals surface area (Å²) in [6, 6.07) is 0. The lowest BCUT2D eigenvalue weighted by atomic mass is 10.2. The van der Waals surface area contributed by atoms with E-state index in [1.54, 1.807) is 0 Å². The van der Waals surface area contributed by atoms with E-state index in [9.17, 15) is 13.2 Å². The Bertz CT molecular complexity index is 294. The SMILES string of the molecule is CCN(CC)CCC(=O)CCCS(C)(=O)=O. The fourth-order valence-electron chi connectivity index (χ4n) is 1.48. The maximum absolute atomic E-state index is 11.4. The fraction of sp³-hybridized carbons (Fsp3) is 0.909. The average Bonchev–Trinajstić information content (AvgIpc) is 2.17. The molecule has 0 spiro atoms. The van der Waals surface area contributed by atoms with Gasteiger partial charge in [-0.15, -0.1) is 0 Å². The summed E-state index contributed by atoms with van der Waals surface area (Å²) < 4.78 is 21.7. The standard InChI is InChI=1S/C11H23NO3S/c1-4-12(5-2)9-8-11(13)7-6-10-16(3,14)15/h4-10H2,1-3H3. The van der Waals surface area contributed by atoms with Crippen molar-refractivity contribution in [3.8, 4) is 0 Å². The first-order valence-electron chi connectivity index (χ1n) is 5.80. The van der Waals surface area contributed by atoms with Crippen LogP contribution in [0.25, 0.3) is 0 Å². The molecule has 0 aliphatic heterocycles. The Hall–Kier alpha value is -0.420. The molecule has 0 aromatic heterocycles. The molecule has 0 fully saturated rings. The molecule has 96 valence electrons. The van der Waals surface area contributed by atoms with Gasteiger partial charge in [0.1, 0.15) is 15.6 Å². The number of carbonyl (C=O) groups is 1. The number of hydrogen-bond acceptors (Lipinski definition) is 4. The molecule has 0 amide bonds. The van der Waals surface area contributed by atoms with Crippen LogP contribution in [0.15, 0.2) is 0 Å². The molecule has 0 aliphatic rings. The van der Waals surface area contributed by atoms with Gasteiger partial charge in [0.2, 0.25) is 0 Å². The Labute approximate surface area is 98.9 Å². The number of nitrogens with zero attached hydrogens (tertiary/aromatic N) is 1. The topological polar surface area (TPSA) is 54.5 Å². The molecule has 0 aromatic carbocycles. The summed E-state index contributed by atoms with van der Waals surface area (Å²) in [6.45, 7) is 6.82. The number of Topliss-reactive ketones (excluding diaryl/α,β-unsaturated/α-hetero) is 1. The normalized spacial score (nSPS) is 12.0. The van der Waals surface area contributed by atoms with E-state index in [-0.39, 0.29) is 11.5 Å². The van der Waals surface area contributed by atoms with Crippen LogP contribution in [0.2, 0.25) is 0 Å². The lowest BCUT2D eigenvalue weighted by Crippen LogP contribution is -2.25. The zero-order chi connectivity index (χ0) is 12.6. The first-order chi connectivity index (χ1) is 7.39. The summed E-state index contributed by atoms with van der Waals surface area (Å²) in [5.41, 5.74) is 0. The number of sulfone groups is 1. The van der Waals surface area contributed by atoms with Crippen molar-refractivity contribution in [2.24, 2.45) is 0 Å². The zero-order valence-corrected chi connectivity index (χ0v) is 11.3. The maximum Gasteiger partial charge on any atom is 0.147 e. The average molecular weight is 249 g/mol. The first-order valence-corrected chi connectivity index (χ1v) is 7.86. The van der Waals surface area contributed by atoms with Crippen molar-refractivity contribution in [2.45, 2.75) is 33.1 Å². The van der Waals surface area contributed by atoms with Gasteiger partial charge in [0, 0.05) is 25.6 Å². The highest BCUT2D eigenvalue weighted by Crippen LogP contribution is 2.00. The van der Waals surface area contributed by atoms with Crippen LogP contribution in [0.4, 0.5) is 0 Å². The van der Waals surface area contributed by atoms with Crippen molar-refractivity contribution >= 4 is 15.6 Å². The Morgan fingerprint density at radius 1 is 1.12 bits per heavy atom. The van der Waals surface area contributed by atoms with Gasteiger partial charge in [-0.05, 0) is 19.5 Å². The van der Waals surface area contributed by atoms with Gasteiger partial charge in [-0.1, -0.05) is 13.8 Å². The zero-order valence-electron chi connectivity index (χ0n) is 10.5. The molecule has 0 radical (unpaired) electrons.